The Hall–Kier alpha value is -0.570. The van der Waals surface area contributed by atoms with Crippen LogP contribution >= 0.6 is 23.2 Å². The van der Waals surface area contributed by atoms with Gasteiger partial charge in [0.25, 0.3) is 0 Å². The summed E-state index contributed by atoms with van der Waals surface area (Å²) in [5.74, 6) is 0.324. The first-order valence-electron chi connectivity index (χ1n) is 7.25. The minimum absolute atomic E-state index is 0.164. The molecule has 0 unspecified atom stereocenters. The molecular weight excluding hydrogens is 293 g/mol. The van der Waals surface area contributed by atoms with E-state index in [1.54, 1.807) is 12.1 Å². The number of hydrogen-bond donors (Lipinski definition) is 1. The predicted molar refractivity (Wildman–Crippen MR) is 84.6 cm³/mol. The Bertz CT molecular complexity index is 476. The fourth-order valence-corrected chi connectivity index (χ4v) is 3.55. The summed E-state index contributed by atoms with van der Waals surface area (Å²) in [7, 11) is 0. The van der Waals surface area contributed by atoms with E-state index in [1.807, 2.05) is 6.07 Å². The first-order valence-corrected chi connectivity index (χ1v) is 8.01. The number of rotatable bonds is 5. The maximum absolute atomic E-state index is 12.8. The third kappa shape index (κ3) is 3.55. The van der Waals surface area contributed by atoms with Crippen molar-refractivity contribution >= 4 is 29.0 Å². The van der Waals surface area contributed by atoms with Gasteiger partial charge in [0.15, 0.2) is 0 Å². The largest absolute Gasteiger partial charge is 0.317 e. The zero-order valence-corrected chi connectivity index (χ0v) is 13.4. The molecule has 2 nitrogen and oxygen atoms in total. The fourth-order valence-electron chi connectivity index (χ4n) is 3.08. The highest BCUT2D eigenvalue weighted by Gasteiger charge is 2.38. The van der Waals surface area contributed by atoms with Gasteiger partial charge in [-0.1, -0.05) is 42.6 Å². The fraction of sp³-hybridized carbons (Fsp3) is 0.562. The van der Waals surface area contributed by atoms with Crippen LogP contribution in [0.1, 0.15) is 38.2 Å². The molecule has 4 heteroatoms. The number of benzene rings is 1. The SMILES string of the molecule is CCCC1(C(=O)Cc2ccc(Cl)cc2Cl)CCNCC1. The van der Waals surface area contributed by atoms with Crippen molar-refractivity contribution in [1.29, 1.82) is 0 Å². The minimum Gasteiger partial charge on any atom is -0.317 e. The molecule has 0 radical (unpaired) electrons. The Morgan fingerprint density at radius 1 is 1.30 bits per heavy atom. The average molecular weight is 314 g/mol. The van der Waals surface area contributed by atoms with Crippen molar-refractivity contribution in [1.82, 2.24) is 5.32 Å². The molecular formula is C16H21Cl2NO. The Morgan fingerprint density at radius 3 is 2.60 bits per heavy atom. The van der Waals surface area contributed by atoms with Gasteiger partial charge < -0.3 is 5.32 Å². The van der Waals surface area contributed by atoms with E-state index >= 15 is 0 Å². The van der Waals surface area contributed by atoms with Gasteiger partial charge in [-0.2, -0.15) is 0 Å². The van der Waals surface area contributed by atoms with E-state index in [4.69, 9.17) is 23.2 Å². The Balaban J connectivity index is 2.15. The van der Waals surface area contributed by atoms with Crippen molar-refractivity contribution in [3.63, 3.8) is 0 Å². The average Bonchev–Trinajstić information content (AvgIpc) is 2.43. The molecule has 0 aromatic heterocycles. The maximum atomic E-state index is 12.8. The molecule has 0 bridgehead atoms. The summed E-state index contributed by atoms with van der Waals surface area (Å²) in [6.45, 7) is 4.01. The van der Waals surface area contributed by atoms with Crippen molar-refractivity contribution < 1.29 is 4.79 Å². The van der Waals surface area contributed by atoms with Crippen molar-refractivity contribution in [2.45, 2.75) is 39.0 Å². The molecule has 1 aromatic carbocycles. The first-order chi connectivity index (χ1) is 9.57. The quantitative estimate of drug-likeness (QED) is 0.879. The monoisotopic (exact) mass is 313 g/mol. The highest BCUT2D eigenvalue weighted by Crippen LogP contribution is 2.36. The number of nitrogens with one attached hydrogen (secondary N) is 1. The molecule has 1 saturated heterocycles. The summed E-state index contributed by atoms with van der Waals surface area (Å²) < 4.78 is 0. The Kier molecular flexibility index (Phi) is 5.48. The van der Waals surface area contributed by atoms with Gasteiger partial charge in [0, 0.05) is 21.9 Å². The van der Waals surface area contributed by atoms with E-state index in [2.05, 4.69) is 12.2 Å². The molecule has 1 aliphatic heterocycles. The van der Waals surface area contributed by atoms with Crippen LogP contribution in [0.5, 0.6) is 0 Å². The van der Waals surface area contributed by atoms with Crippen LogP contribution in [0.15, 0.2) is 18.2 Å². The predicted octanol–water partition coefficient (Wildman–Crippen LogP) is 4.27. The summed E-state index contributed by atoms with van der Waals surface area (Å²) in [5.41, 5.74) is 0.721. The van der Waals surface area contributed by atoms with Crippen LogP contribution in [0.25, 0.3) is 0 Å². The standard InChI is InChI=1S/C16H21Cl2NO/c1-2-5-16(6-8-19-9-7-16)15(20)10-12-3-4-13(17)11-14(12)18/h3-4,11,19H,2,5-10H2,1H3. The first kappa shape index (κ1) is 15.8. The van der Waals surface area contributed by atoms with Crippen LogP contribution in [0, 0.1) is 5.41 Å². The second-order valence-corrected chi connectivity index (χ2v) is 6.46. The normalized spacial score (nSPS) is 17.9. The maximum Gasteiger partial charge on any atom is 0.143 e. The van der Waals surface area contributed by atoms with E-state index in [0.717, 1.165) is 44.3 Å². The number of halogens is 2. The van der Waals surface area contributed by atoms with Crippen LogP contribution in [0.4, 0.5) is 0 Å². The third-order valence-electron chi connectivity index (χ3n) is 4.25. The van der Waals surface area contributed by atoms with E-state index in [9.17, 15) is 4.79 Å². The molecule has 0 atom stereocenters. The van der Waals surface area contributed by atoms with Crippen molar-refractivity contribution in [2.24, 2.45) is 5.41 Å². The molecule has 0 amide bonds. The summed E-state index contributed by atoms with van der Waals surface area (Å²) in [5, 5.41) is 4.54. The lowest BCUT2D eigenvalue weighted by atomic mass is 9.70. The van der Waals surface area contributed by atoms with Gasteiger partial charge in [-0.05, 0) is 50.0 Å². The van der Waals surface area contributed by atoms with Gasteiger partial charge >= 0.3 is 0 Å². The lowest BCUT2D eigenvalue weighted by Gasteiger charge is -2.36. The zero-order valence-electron chi connectivity index (χ0n) is 11.8. The molecule has 1 aliphatic rings. The van der Waals surface area contributed by atoms with Gasteiger partial charge in [-0.25, -0.2) is 0 Å². The van der Waals surface area contributed by atoms with Crippen molar-refractivity contribution in [3.8, 4) is 0 Å². The lowest BCUT2D eigenvalue weighted by Crippen LogP contribution is -2.42. The van der Waals surface area contributed by atoms with Gasteiger partial charge in [0.1, 0.15) is 5.78 Å². The highest BCUT2D eigenvalue weighted by atomic mass is 35.5. The van der Waals surface area contributed by atoms with Crippen LogP contribution in [0.3, 0.4) is 0 Å². The van der Waals surface area contributed by atoms with Gasteiger partial charge in [0.2, 0.25) is 0 Å². The summed E-state index contributed by atoms with van der Waals surface area (Å²) in [6, 6.07) is 5.37. The van der Waals surface area contributed by atoms with Gasteiger partial charge in [-0.15, -0.1) is 0 Å². The number of ketones is 1. The molecule has 1 heterocycles. The molecule has 20 heavy (non-hydrogen) atoms. The molecule has 110 valence electrons. The molecule has 0 aliphatic carbocycles. The van der Waals surface area contributed by atoms with E-state index in [0.29, 0.717) is 22.2 Å². The molecule has 2 rings (SSSR count). The van der Waals surface area contributed by atoms with Crippen molar-refractivity contribution in [2.75, 3.05) is 13.1 Å². The second-order valence-electron chi connectivity index (χ2n) is 5.62. The number of hydrogen-bond acceptors (Lipinski definition) is 2. The number of carbonyl (C=O) groups is 1. The lowest BCUT2D eigenvalue weighted by molar-refractivity contribution is -0.130. The van der Waals surface area contributed by atoms with Crippen LogP contribution in [-0.4, -0.2) is 18.9 Å². The number of carbonyl (C=O) groups excluding carboxylic acids is 1. The molecule has 1 N–H and O–H groups in total. The van der Waals surface area contributed by atoms with Crippen LogP contribution < -0.4 is 5.32 Å². The zero-order chi connectivity index (χ0) is 14.6. The molecule has 1 aromatic rings. The second kappa shape index (κ2) is 6.93. The van der Waals surface area contributed by atoms with Gasteiger partial charge in [0.05, 0.1) is 0 Å². The van der Waals surface area contributed by atoms with E-state index < -0.39 is 0 Å². The van der Waals surface area contributed by atoms with E-state index in [-0.39, 0.29) is 5.41 Å². The summed E-state index contributed by atoms with van der Waals surface area (Å²) in [4.78, 5) is 12.8. The minimum atomic E-state index is -0.164. The van der Waals surface area contributed by atoms with Crippen LogP contribution in [-0.2, 0) is 11.2 Å². The van der Waals surface area contributed by atoms with Crippen LogP contribution in [0.2, 0.25) is 10.0 Å². The van der Waals surface area contributed by atoms with E-state index in [1.165, 1.54) is 0 Å². The van der Waals surface area contributed by atoms with Gasteiger partial charge in [-0.3, -0.25) is 4.79 Å². The molecule has 0 spiro atoms. The Morgan fingerprint density at radius 2 is 2.00 bits per heavy atom. The number of Topliss-reactive ketones (excluding diaryl/α,β-unsaturated/α-hetero) is 1. The Labute approximate surface area is 130 Å². The van der Waals surface area contributed by atoms with Crippen molar-refractivity contribution in [3.05, 3.63) is 33.8 Å². The summed E-state index contributed by atoms with van der Waals surface area (Å²) in [6.07, 6.45) is 4.30. The third-order valence-corrected chi connectivity index (χ3v) is 4.83. The molecule has 0 saturated carbocycles. The molecule has 1 fully saturated rings. The topological polar surface area (TPSA) is 29.1 Å². The summed E-state index contributed by atoms with van der Waals surface area (Å²) >= 11 is 12.1. The highest BCUT2D eigenvalue weighted by molar-refractivity contribution is 6.35. The smallest absolute Gasteiger partial charge is 0.143 e. The number of piperidine rings is 1.